The van der Waals surface area contributed by atoms with E-state index in [1.807, 2.05) is 17.0 Å². The number of aromatic hydroxyl groups is 1. The maximum absolute atomic E-state index is 12.2. The zero-order valence-electron chi connectivity index (χ0n) is 12.1. The Kier molecular flexibility index (Phi) is 5.27. The third-order valence-corrected chi connectivity index (χ3v) is 3.91. The first kappa shape index (κ1) is 14.7. The normalized spacial score (nSPS) is 18.2. The van der Waals surface area contributed by atoms with Crippen molar-refractivity contribution in [2.24, 2.45) is 0 Å². The second-order valence-electron chi connectivity index (χ2n) is 5.46. The third kappa shape index (κ3) is 3.89. The van der Waals surface area contributed by atoms with Crippen molar-refractivity contribution in [3.8, 4) is 5.75 Å². The van der Waals surface area contributed by atoms with E-state index in [4.69, 9.17) is 0 Å². The molecule has 0 bridgehead atoms. The van der Waals surface area contributed by atoms with E-state index in [1.54, 1.807) is 12.1 Å². The lowest BCUT2D eigenvalue weighted by Crippen LogP contribution is -2.42. The fourth-order valence-electron chi connectivity index (χ4n) is 2.74. The largest absolute Gasteiger partial charge is 0.508 e. The monoisotopic (exact) mass is 276 g/mol. The Bertz CT molecular complexity index is 431. The molecule has 0 spiro atoms. The highest BCUT2D eigenvalue weighted by Gasteiger charge is 2.27. The summed E-state index contributed by atoms with van der Waals surface area (Å²) in [6.45, 7) is 3.57. The maximum Gasteiger partial charge on any atom is 0.317 e. The van der Waals surface area contributed by atoms with E-state index < -0.39 is 0 Å². The molecule has 110 valence electrons. The van der Waals surface area contributed by atoms with E-state index in [2.05, 4.69) is 12.2 Å². The first-order valence-electron chi connectivity index (χ1n) is 7.53. The van der Waals surface area contributed by atoms with E-state index in [0.717, 1.165) is 31.4 Å². The number of hydrogen-bond donors (Lipinski definition) is 2. The molecule has 2 amide bonds. The zero-order valence-corrected chi connectivity index (χ0v) is 12.1. The summed E-state index contributed by atoms with van der Waals surface area (Å²) < 4.78 is 0. The van der Waals surface area contributed by atoms with E-state index in [0.29, 0.717) is 12.6 Å². The number of hydrogen-bond acceptors (Lipinski definition) is 2. The maximum atomic E-state index is 12.2. The molecule has 1 aromatic carbocycles. The molecule has 1 unspecified atom stereocenters. The molecule has 1 atom stereocenters. The van der Waals surface area contributed by atoms with Crippen LogP contribution in [-0.2, 0) is 6.54 Å². The number of unbranched alkanes of at least 4 members (excludes halogenated alkanes) is 1. The molecule has 4 heteroatoms. The lowest BCUT2D eigenvalue weighted by molar-refractivity contribution is 0.189. The van der Waals surface area contributed by atoms with Crippen molar-refractivity contribution >= 4 is 6.03 Å². The summed E-state index contributed by atoms with van der Waals surface area (Å²) in [5.41, 5.74) is 1.00. The van der Waals surface area contributed by atoms with Crippen LogP contribution in [0.3, 0.4) is 0 Å². The number of carbonyl (C=O) groups is 1. The van der Waals surface area contributed by atoms with Gasteiger partial charge in [-0.3, -0.25) is 0 Å². The average Bonchev–Trinajstić information content (AvgIpc) is 2.92. The molecule has 20 heavy (non-hydrogen) atoms. The molecule has 1 fully saturated rings. The fraction of sp³-hybridized carbons (Fsp3) is 0.562. The third-order valence-electron chi connectivity index (χ3n) is 3.91. The second-order valence-corrected chi connectivity index (χ2v) is 5.46. The van der Waals surface area contributed by atoms with Crippen molar-refractivity contribution in [2.75, 3.05) is 6.54 Å². The van der Waals surface area contributed by atoms with Crippen LogP contribution in [-0.4, -0.2) is 28.6 Å². The van der Waals surface area contributed by atoms with Gasteiger partial charge in [0, 0.05) is 19.1 Å². The lowest BCUT2D eigenvalue weighted by atomic mass is 10.1. The van der Waals surface area contributed by atoms with Gasteiger partial charge in [0.25, 0.3) is 0 Å². The topological polar surface area (TPSA) is 52.6 Å². The number of benzene rings is 1. The molecule has 4 nitrogen and oxygen atoms in total. The second kappa shape index (κ2) is 7.17. The van der Waals surface area contributed by atoms with Crippen LogP contribution in [0.5, 0.6) is 5.75 Å². The molecule has 2 rings (SSSR count). The van der Waals surface area contributed by atoms with Crippen molar-refractivity contribution in [1.82, 2.24) is 10.2 Å². The summed E-state index contributed by atoms with van der Waals surface area (Å²) in [7, 11) is 0. The number of rotatable bonds is 5. The summed E-state index contributed by atoms with van der Waals surface area (Å²) in [5.74, 6) is 0.249. The van der Waals surface area contributed by atoms with Gasteiger partial charge in [0.2, 0.25) is 0 Å². The molecule has 0 saturated carbocycles. The predicted octanol–water partition coefficient (Wildman–Crippen LogP) is 3.26. The van der Waals surface area contributed by atoms with Crippen molar-refractivity contribution < 1.29 is 9.90 Å². The van der Waals surface area contributed by atoms with Gasteiger partial charge in [-0.1, -0.05) is 31.9 Å². The quantitative estimate of drug-likeness (QED) is 0.867. The number of nitrogens with one attached hydrogen (secondary N) is 1. The van der Waals surface area contributed by atoms with Crippen LogP contribution in [0.15, 0.2) is 24.3 Å². The van der Waals surface area contributed by atoms with Gasteiger partial charge in [0.05, 0.1) is 0 Å². The molecule has 1 aliphatic rings. The number of nitrogens with zero attached hydrogens (tertiary/aromatic N) is 1. The molecule has 1 aromatic rings. The van der Waals surface area contributed by atoms with E-state index >= 15 is 0 Å². The first-order valence-corrected chi connectivity index (χ1v) is 7.53. The lowest BCUT2D eigenvalue weighted by Gasteiger charge is -2.25. The van der Waals surface area contributed by atoms with Gasteiger partial charge in [-0.25, -0.2) is 4.79 Å². The van der Waals surface area contributed by atoms with Crippen LogP contribution >= 0.6 is 0 Å². The molecule has 1 heterocycles. The number of amides is 2. The van der Waals surface area contributed by atoms with Crippen molar-refractivity contribution in [1.29, 1.82) is 0 Å². The van der Waals surface area contributed by atoms with Gasteiger partial charge in [-0.2, -0.15) is 0 Å². The minimum Gasteiger partial charge on any atom is -0.508 e. The van der Waals surface area contributed by atoms with Crippen LogP contribution in [0.1, 0.15) is 44.6 Å². The summed E-state index contributed by atoms with van der Waals surface area (Å²) in [6.07, 6.45) is 5.72. The van der Waals surface area contributed by atoms with Gasteiger partial charge < -0.3 is 15.3 Å². The van der Waals surface area contributed by atoms with Crippen LogP contribution in [0.25, 0.3) is 0 Å². The Balaban J connectivity index is 1.83. The van der Waals surface area contributed by atoms with Gasteiger partial charge in [-0.15, -0.1) is 0 Å². The minimum absolute atomic E-state index is 0.0386. The minimum atomic E-state index is 0.0386. The Morgan fingerprint density at radius 2 is 2.15 bits per heavy atom. The number of phenols is 1. The summed E-state index contributed by atoms with van der Waals surface area (Å²) in [4.78, 5) is 14.2. The van der Waals surface area contributed by atoms with Crippen molar-refractivity contribution in [2.45, 2.75) is 51.6 Å². The molecule has 1 aliphatic heterocycles. The first-order chi connectivity index (χ1) is 9.70. The summed E-state index contributed by atoms with van der Waals surface area (Å²) in [5, 5.41) is 12.2. The Morgan fingerprint density at radius 3 is 2.85 bits per heavy atom. The van der Waals surface area contributed by atoms with E-state index in [9.17, 15) is 9.90 Å². The summed E-state index contributed by atoms with van der Waals surface area (Å²) >= 11 is 0. The van der Waals surface area contributed by atoms with Crippen molar-refractivity contribution in [3.05, 3.63) is 29.8 Å². The average molecular weight is 276 g/mol. The van der Waals surface area contributed by atoms with Crippen LogP contribution < -0.4 is 5.32 Å². The standard InChI is InChI=1S/C16H24N2O2/c1-2-3-5-14-6-4-11-18(14)16(20)17-12-13-7-9-15(19)10-8-13/h7-10,14,19H,2-6,11-12H2,1H3,(H,17,20). The smallest absolute Gasteiger partial charge is 0.317 e. The number of phenolic OH excluding ortho intramolecular Hbond substituents is 1. The Labute approximate surface area is 120 Å². The molecule has 0 aromatic heterocycles. The SMILES string of the molecule is CCCCC1CCCN1C(=O)NCc1ccc(O)cc1. The molecule has 0 radical (unpaired) electrons. The van der Waals surface area contributed by atoms with E-state index in [1.165, 1.54) is 12.8 Å². The molecule has 0 aliphatic carbocycles. The van der Waals surface area contributed by atoms with Crippen LogP contribution in [0, 0.1) is 0 Å². The molecule has 1 saturated heterocycles. The number of carbonyl (C=O) groups excluding carboxylic acids is 1. The van der Waals surface area contributed by atoms with Crippen LogP contribution in [0.2, 0.25) is 0 Å². The highest BCUT2D eigenvalue weighted by molar-refractivity contribution is 5.74. The van der Waals surface area contributed by atoms with Crippen molar-refractivity contribution in [3.63, 3.8) is 0 Å². The highest BCUT2D eigenvalue weighted by atomic mass is 16.3. The predicted molar refractivity (Wildman–Crippen MR) is 79.6 cm³/mol. The highest BCUT2D eigenvalue weighted by Crippen LogP contribution is 2.22. The van der Waals surface area contributed by atoms with Gasteiger partial charge in [-0.05, 0) is 37.0 Å². The molecule has 2 N–H and O–H groups in total. The summed E-state index contributed by atoms with van der Waals surface area (Å²) in [6, 6.07) is 7.39. The van der Waals surface area contributed by atoms with Gasteiger partial charge >= 0.3 is 6.03 Å². The number of urea groups is 1. The zero-order chi connectivity index (χ0) is 14.4. The Morgan fingerprint density at radius 1 is 1.40 bits per heavy atom. The molecular formula is C16H24N2O2. The van der Waals surface area contributed by atoms with Gasteiger partial charge in [0.15, 0.2) is 0 Å². The van der Waals surface area contributed by atoms with Crippen LogP contribution in [0.4, 0.5) is 4.79 Å². The van der Waals surface area contributed by atoms with E-state index in [-0.39, 0.29) is 11.8 Å². The van der Waals surface area contributed by atoms with Gasteiger partial charge in [0.1, 0.15) is 5.75 Å². The fourth-order valence-corrected chi connectivity index (χ4v) is 2.74. The number of likely N-dealkylation sites (tertiary alicyclic amines) is 1. The molecular weight excluding hydrogens is 252 g/mol. The Hall–Kier alpha value is -1.71.